The van der Waals surface area contributed by atoms with Crippen LogP contribution in [0.2, 0.25) is 0 Å². The van der Waals surface area contributed by atoms with Crippen molar-refractivity contribution in [2.24, 2.45) is 50.2 Å². The topological polar surface area (TPSA) is 255 Å². The summed E-state index contributed by atoms with van der Waals surface area (Å²) < 4.78 is 36.0. The van der Waals surface area contributed by atoms with Gasteiger partial charge in [0.1, 0.15) is 54.9 Å². The lowest BCUT2D eigenvalue weighted by Gasteiger charge is -2.71. The van der Waals surface area contributed by atoms with Gasteiger partial charge in [-0.05, 0) is 111 Å². The summed E-state index contributed by atoms with van der Waals surface area (Å²) in [7, 11) is 0. The number of aliphatic hydroxyl groups is 8. The summed E-state index contributed by atoms with van der Waals surface area (Å²) in [6.45, 7) is 14.5. The summed E-state index contributed by atoms with van der Waals surface area (Å²) in [5.41, 5.74) is -0.519. The van der Waals surface area contributed by atoms with E-state index in [0.717, 1.165) is 44.9 Å². The van der Waals surface area contributed by atoms with Crippen LogP contribution in [0, 0.1) is 50.2 Å². The smallest absolute Gasteiger partial charge is 0.310 e. The van der Waals surface area contributed by atoms with Crippen molar-refractivity contribution in [3.63, 3.8) is 0 Å². The number of carboxylic acids is 1. The summed E-state index contributed by atoms with van der Waals surface area (Å²) in [6.07, 6.45) is -9.19. The van der Waals surface area contributed by atoms with E-state index in [0.29, 0.717) is 19.3 Å². The first-order valence-corrected chi connectivity index (χ1v) is 23.1. The maximum atomic E-state index is 13.1. The van der Waals surface area contributed by atoms with Gasteiger partial charge in [0.15, 0.2) is 18.9 Å². The standard InChI is InChI=1S/C46H74O16/c1-22-30(50)35(61-37-33(53)31(51)25(48)19-57-37)34(54)38(59-22)62-36-32(52)26(49)20-58-39(36)60-29-11-12-42(4)27(43(29,5)21-47)10-13-45(7)28(42)9-8-23-24-18-41(2,3)14-16-46(24,40(55)56)17-15-44(23,45)6/h8,22,24-39,47-54H,9-21H2,1-7H3,(H,55,56)/t22-,24-,25+,26+,27?,28?,29-,30-,31-,32-,33+,34+,35+,36+,37-,38-,39-,42-,43-,44+,45+,46-/m0/s1. The molecule has 0 bridgehead atoms. The molecule has 0 spiro atoms. The highest BCUT2D eigenvalue weighted by Crippen LogP contribution is 2.76. The first kappa shape index (κ1) is 47.2. The SMILES string of the molecule is C[C@@H]1O[C@@H](O[C@H]2[C@H](O[C@H]3CC[C@@]4(C)C(CC[C@]5(C)C4CC=C4[C@@H]6CC(C)(C)CC[C@]6(C(=O)O)CC[C@]45C)[C@]3(C)CO)OC[C@@H](O)[C@@H]2O)[C@H](O)[C@H](O[C@@H]2OC[C@@H](O)[C@H](O)[C@H]2O)[C@H]1O. The number of hydrogen-bond acceptors (Lipinski definition) is 15. The van der Waals surface area contributed by atoms with E-state index in [1.807, 2.05) is 0 Å². The third kappa shape index (κ3) is 7.19. The van der Waals surface area contributed by atoms with Crippen molar-refractivity contribution < 1.29 is 79.2 Å². The van der Waals surface area contributed by atoms with Gasteiger partial charge < -0.3 is 74.4 Å². The second kappa shape index (κ2) is 16.5. The van der Waals surface area contributed by atoms with Crippen LogP contribution >= 0.6 is 0 Å². The molecule has 354 valence electrons. The van der Waals surface area contributed by atoms with Crippen LogP contribution in [-0.4, -0.2) is 158 Å². The molecule has 8 aliphatic rings. The van der Waals surface area contributed by atoms with Gasteiger partial charge in [-0.2, -0.15) is 0 Å². The van der Waals surface area contributed by atoms with Gasteiger partial charge in [0.05, 0.1) is 37.4 Å². The van der Waals surface area contributed by atoms with E-state index in [1.165, 1.54) is 12.5 Å². The van der Waals surface area contributed by atoms with Crippen molar-refractivity contribution in [2.75, 3.05) is 19.8 Å². The van der Waals surface area contributed by atoms with E-state index in [1.54, 1.807) is 0 Å². The Balaban J connectivity index is 1.02. The van der Waals surface area contributed by atoms with Gasteiger partial charge in [-0.15, -0.1) is 0 Å². The normalized spacial score (nSPS) is 55.1. The van der Waals surface area contributed by atoms with Crippen molar-refractivity contribution in [3.8, 4) is 0 Å². The van der Waals surface area contributed by atoms with E-state index in [-0.39, 0.29) is 59.2 Å². The molecule has 8 rings (SSSR count). The van der Waals surface area contributed by atoms with Crippen molar-refractivity contribution in [3.05, 3.63) is 11.6 Å². The maximum Gasteiger partial charge on any atom is 0.310 e. The van der Waals surface area contributed by atoms with Gasteiger partial charge in [0, 0.05) is 5.41 Å². The minimum Gasteiger partial charge on any atom is -0.481 e. The molecule has 3 aliphatic heterocycles. The van der Waals surface area contributed by atoms with Gasteiger partial charge in [-0.1, -0.05) is 53.2 Å². The van der Waals surface area contributed by atoms with Gasteiger partial charge in [0.25, 0.3) is 0 Å². The van der Waals surface area contributed by atoms with E-state index >= 15 is 0 Å². The number of hydrogen-bond donors (Lipinski definition) is 9. The third-order valence-electron chi connectivity index (χ3n) is 18.7. The van der Waals surface area contributed by atoms with E-state index in [4.69, 9.17) is 28.4 Å². The quantitative estimate of drug-likeness (QED) is 0.125. The van der Waals surface area contributed by atoms with Gasteiger partial charge in [-0.25, -0.2) is 0 Å². The highest BCUT2D eigenvalue weighted by atomic mass is 16.8. The first-order chi connectivity index (χ1) is 29.0. The fourth-order valence-corrected chi connectivity index (χ4v) is 14.5. The van der Waals surface area contributed by atoms with Crippen molar-refractivity contribution in [1.29, 1.82) is 0 Å². The molecular formula is C46H74O16. The van der Waals surface area contributed by atoms with Crippen LogP contribution in [0.1, 0.15) is 113 Å². The van der Waals surface area contributed by atoms with Crippen LogP contribution in [0.4, 0.5) is 0 Å². The number of aliphatic hydroxyl groups excluding tert-OH is 8. The zero-order valence-electron chi connectivity index (χ0n) is 37.5. The second-order valence-electron chi connectivity index (χ2n) is 22.4. The zero-order chi connectivity index (χ0) is 45.1. The average Bonchev–Trinajstić information content (AvgIpc) is 3.21. The van der Waals surface area contributed by atoms with Gasteiger partial charge in [0.2, 0.25) is 0 Å². The Morgan fingerprint density at radius 1 is 0.710 bits per heavy atom. The molecule has 7 fully saturated rings. The Labute approximate surface area is 364 Å². The molecule has 3 heterocycles. The van der Waals surface area contributed by atoms with E-state index in [2.05, 4.69) is 47.6 Å². The largest absolute Gasteiger partial charge is 0.481 e. The Morgan fingerprint density at radius 2 is 1.35 bits per heavy atom. The van der Waals surface area contributed by atoms with Crippen molar-refractivity contribution >= 4 is 5.97 Å². The van der Waals surface area contributed by atoms with Crippen LogP contribution < -0.4 is 0 Å². The minimum atomic E-state index is -1.73. The fourth-order valence-electron chi connectivity index (χ4n) is 14.5. The summed E-state index contributed by atoms with van der Waals surface area (Å²) in [4.78, 5) is 13.1. The number of rotatable bonds is 8. The molecule has 0 amide bonds. The number of allylic oxidation sites excluding steroid dienone is 2. The van der Waals surface area contributed by atoms with Crippen LogP contribution in [0.3, 0.4) is 0 Å². The highest BCUT2D eigenvalue weighted by Gasteiger charge is 2.70. The molecule has 4 saturated carbocycles. The molecular weight excluding hydrogens is 808 g/mol. The molecule has 0 radical (unpaired) electrons. The number of carboxylic acid groups (broad SMARTS) is 1. The molecule has 22 atom stereocenters. The molecule has 5 aliphatic carbocycles. The molecule has 2 unspecified atom stereocenters. The van der Waals surface area contributed by atoms with Gasteiger partial charge >= 0.3 is 5.97 Å². The number of ether oxygens (including phenoxy) is 6. The number of carbonyl (C=O) groups is 1. The monoisotopic (exact) mass is 882 g/mol. The molecule has 9 N–H and O–H groups in total. The molecule has 0 aromatic heterocycles. The lowest BCUT2D eigenvalue weighted by Crippen LogP contribution is -2.67. The average molecular weight is 883 g/mol. The highest BCUT2D eigenvalue weighted by molar-refractivity contribution is 5.76. The lowest BCUT2D eigenvalue weighted by molar-refractivity contribution is -0.379. The molecule has 16 heteroatoms. The predicted molar refractivity (Wildman–Crippen MR) is 219 cm³/mol. The van der Waals surface area contributed by atoms with E-state index < -0.39 is 103 Å². The summed E-state index contributed by atoms with van der Waals surface area (Å²) >= 11 is 0. The predicted octanol–water partition coefficient (Wildman–Crippen LogP) is 1.98. The summed E-state index contributed by atoms with van der Waals surface area (Å²) in [6, 6.07) is 0. The minimum absolute atomic E-state index is 0.00631. The summed E-state index contributed by atoms with van der Waals surface area (Å²) in [5.74, 6) is -0.342. The molecule has 0 aromatic carbocycles. The van der Waals surface area contributed by atoms with E-state index in [9.17, 15) is 50.8 Å². The van der Waals surface area contributed by atoms with Gasteiger partial charge in [-0.3, -0.25) is 4.79 Å². The number of aliphatic carboxylic acids is 1. The van der Waals surface area contributed by atoms with Crippen LogP contribution in [-0.2, 0) is 33.2 Å². The van der Waals surface area contributed by atoms with Crippen molar-refractivity contribution in [1.82, 2.24) is 0 Å². The maximum absolute atomic E-state index is 13.1. The Bertz CT molecular complexity index is 1690. The van der Waals surface area contributed by atoms with Crippen LogP contribution in [0.25, 0.3) is 0 Å². The molecule has 3 saturated heterocycles. The molecule has 0 aromatic rings. The molecule has 16 nitrogen and oxygen atoms in total. The summed E-state index contributed by atoms with van der Waals surface area (Å²) in [5, 5.41) is 97.4. The third-order valence-corrected chi connectivity index (χ3v) is 18.7. The second-order valence-corrected chi connectivity index (χ2v) is 22.4. The van der Waals surface area contributed by atoms with Crippen LogP contribution in [0.5, 0.6) is 0 Å². The fraction of sp³-hybridized carbons (Fsp3) is 0.935. The Kier molecular flexibility index (Phi) is 12.5. The van der Waals surface area contributed by atoms with Crippen molar-refractivity contribution in [2.45, 2.75) is 199 Å². The molecule has 62 heavy (non-hydrogen) atoms. The zero-order valence-corrected chi connectivity index (χ0v) is 37.5. The Hall–Kier alpha value is -1.35. The first-order valence-electron chi connectivity index (χ1n) is 23.1. The van der Waals surface area contributed by atoms with Crippen LogP contribution in [0.15, 0.2) is 11.6 Å². The Morgan fingerprint density at radius 3 is 2.03 bits per heavy atom. The lowest BCUT2D eigenvalue weighted by atomic mass is 9.33. The number of fused-ring (bicyclic) bond motifs is 7.